The van der Waals surface area contributed by atoms with Gasteiger partial charge in [0, 0.05) is 21.4 Å². The first-order chi connectivity index (χ1) is 11.6. The molecule has 0 saturated carbocycles. The highest BCUT2D eigenvalue weighted by molar-refractivity contribution is 7.98. The van der Waals surface area contributed by atoms with E-state index in [4.69, 9.17) is 34.8 Å². The molecule has 2 aromatic carbocycles. The van der Waals surface area contributed by atoms with Gasteiger partial charge in [0.25, 0.3) is 0 Å². The van der Waals surface area contributed by atoms with Crippen molar-refractivity contribution in [2.24, 2.45) is 5.10 Å². The Kier molecular flexibility index (Phi) is 5.79. The summed E-state index contributed by atoms with van der Waals surface area (Å²) in [5, 5.41) is 14.9. The third-order valence-electron chi connectivity index (χ3n) is 3.07. The Morgan fingerprint density at radius 2 is 1.79 bits per heavy atom. The molecule has 0 radical (unpaired) electrons. The summed E-state index contributed by atoms with van der Waals surface area (Å²) in [5.41, 5.74) is 1.91. The minimum absolute atomic E-state index is 0.537. The van der Waals surface area contributed by atoms with E-state index >= 15 is 0 Å². The predicted octanol–water partition coefficient (Wildman–Crippen LogP) is 5.41. The van der Waals surface area contributed by atoms with Gasteiger partial charge in [0.15, 0.2) is 0 Å². The van der Waals surface area contributed by atoms with Gasteiger partial charge in [-0.25, -0.2) is 0 Å². The average Bonchev–Trinajstić information content (AvgIpc) is 3.01. The van der Waals surface area contributed by atoms with Crippen molar-refractivity contribution in [3.8, 4) is 0 Å². The maximum atomic E-state index is 6.13. The maximum absolute atomic E-state index is 6.13. The minimum atomic E-state index is 0.537. The number of thioether (sulfide) groups is 1. The summed E-state index contributed by atoms with van der Waals surface area (Å²) in [4.78, 5) is 0. The van der Waals surface area contributed by atoms with E-state index in [1.807, 2.05) is 24.3 Å². The van der Waals surface area contributed by atoms with E-state index in [-0.39, 0.29) is 0 Å². The molecule has 1 aromatic heterocycles. The fraction of sp³-hybridized carbons (Fsp3) is 0.0625. The predicted molar refractivity (Wildman–Crippen MR) is 100 cm³/mol. The van der Waals surface area contributed by atoms with E-state index in [2.05, 4.69) is 15.3 Å². The van der Waals surface area contributed by atoms with Crippen LogP contribution < -0.4 is 0 Å². The van der Waals surface area contributed by atoms with Crippen LogP contribution in [-0.2, 0) is 5.75 Å². The zero-order valence-electron chi connectivity index (χ0n) is 12.2. The molecule has 8 heteroatoms. The molecule has 0 unspecified atom stereocenters. The molecule has 0 aliphatic rings. The highest BCUT2D eigenvalue weighted by Gasteiger charge is 2.05. The summed E-state index contributed by atoms with van der Waals surface area (Å²) < 4.78 is 1.60. The molecule has 122 valence electrons. The van der Waals surface area contributed by atoms with E-state index in [1.54, 1.807) is 35.4 Å². The molecule has 0 spiro atoms. The fourth-order valence-electron chi connectivity index (χ4n) is 1.85. The van der Waals surface area contributed by atoms with Crippen LogP contribution >= 0.6 is 46.6 Å². The van der Waals surface area contributed by atoms with Crippen molar-refractivity contribution >= 4 is 52.8 Å². The van der Waals surface area contributed by atoms with Gasteiger partial charge >= 0.3 is 0 Å². The van der Waals surface area contributed by atoms with Gasteiger partial charge < -0.3 is 0 Å². The average molecular weight is 398 g/mol. The van der Waals surface area contributed by atoms with Gasteiger partial charge in [-0.2, -0.15) is 9.78 Å². The lowest BCUT2D eigenvalue weighted by atomic mass is 10.2. The van der Waals surface area contributed by atoms with Crippen LogP contribution in [0.25, 0.3) is 0 Å². The Balaban J connectivity index is 1.70. The van der Waals surface area contributed by atoms with Crippen molar-refractivity contribution in [1.82, 2.24) is 14.9 Å². The van der Waals surface area contributed by atoms with Crippen LogP contribution in [0.4, 0.5) is 0 Å². The molecular formula is C16H11Cl3N4S. The molecule has 0 aliphatic carbocycles. The molecule has 1 heterocycles. The van der Waals surface area contributed by atoms with Crippen molar-refractivity contribution < 1.29 is 0 Å². The molecule has 0 atom stereocenters. The first-order valence-corrected chi connectivity index (χ1v) is 9.00. The standard InChI is InChI=1S/C16H11Cl3N4S/c17-13-4-1-11(2-5-13)9-24-16-22-20-10-23(16)21-8-12-3-6-14(18)7-15(12)19/h1-8,10H,9H2/b21-8+. The topological polar surface area (TPSA) is 43.1 Å². The Labute approximate surface area is 158 Å². The second-order valence-corrected chi connectivity index (χ2v) is 7.01. The van der Waals surface area contributed by atoms with Crippen molar-refractivity contribution in [3.05, 3.63) is 75.0 Å². The molecule has 3 aromatic rings. The van der Waals surface area contributed by atoms with Crippen molar-refractivity contribution in [3.63, 3.8) is 0 Å². The molecule has 0 saturated heterocycles. The first kappa shape index (κ1) is 17.3. The lowest BCUT2D eigenvalue weighted by Gasteiger charge is -2.02. The number of benzene rings is 2. The Hall–Kier alpha value is -1.53. The number of hydrogen-bond acceptors (Lipinski definition) is 4. The quantitative estimate of drug-likeness (QED) is 0.427. The summed E-state index contributed by atoms with van der Waals surface area (Å²) in [6.07, 6.45) is 3.19. The van der Waals surface area contributed by atoms with Crippen LogP contribution in [0, 0.1) is 0 Å². The van der Waals surface area contributed by atoms with Gasteiger partial charge in [-0.3, -0.25) is 0 Å². The SMILES string of the molecule is Clc1ccc(CSc2nncn2/N=C/c2ccc(Cl)cc2Cl)cc1. The van der Waals surface area contributed by atoms with Crippen LogP contribution in [0.5, 0.6) is 0 Å². The summed E-state index contributed by atoms with van der Waals surface area (Å²) in [5.74, 6) is 0.743. The molecule has 24 heavy (non-hydrogen) atoms. The molecule has 0 bridgehead atoms. The smallest absolute Gasteiger partial charge is 0.195 e. The van der Waals surface area contributed by atoms with Crippen molar-refractivity contribution in [1.29, 1.82) is 0 Å². The molecule has 4 nitrogen and oxygen atoms in total. The normalized spacial score (nSPS) is 11.3. The summed E-state index contributed by atoms with van der Waals surface area (Å²) in [7, 11) is 0. The number of aromatic nitrogens is 3. The Morgan fingerprint density at radius 1 is 1.04 bits per heavy atom. The largest absolute Gasteiger partial charge is 0.212 e. The molecular weight excluding hydrogens is 387 g/mol. The third-order valence-corrected chi connectivity index (χ3v) is 4.88. The van der Waals surface area contributed by atoms with Gasteiger partial charge in [-0.15, -0.1) is 10.2 Å². The van der Waals surface area contributed by atoms with Gasteiger partial charge in [0.1, 0.15) is 6.33 Å². The first-order valence-electron chi connectivity index (χ1n) is 6.88. The van der Waals surface area contributed by atoms with Gasteiger partial charge in [0.05, 0.1) is 11.2 Å². The molecule has 0 amide bonds. The summed E-state index contributed by atoms with van der Waals surface area (Å²) >= 11 is 19.4. The van der Waals surface area contributed by atoms with E-state index in [0.717, 1.165) is 21.9 Å². The van der Waals surface area contributed by atoms with Gasteiger partial charge in [-0.1, -0.05) is 64.8 Å². The van der Waals surface area contributed by atoms with E-state index in [0.29, 0.717) is 15.2 Å². The monoisotopic (exact) mass is 396 g/mol. The fourth-order valence-corrected chi connectivity index (χ4v) is 3.26. The molecule has 0 N–H and O–H groups in total. The highest BCUT2D eigenvalue weighted by atomic mass is 35.5. The number of halogens is 3. The van der Waals surface area contributed by atoms with Crippen molar-refractivity contribution in [2.45, 2.75) is 10.9 Å². The number of hydrogen-bond donors (Lipinski definition) is 0. The lowest BCUT2D eigenvalue weighted by Crippen LogP contribution is -1.93. The minimum Gasteiger partial charge on any atom is -0.195 e. The highest BCUT2D eigenvalue weighted by Crippen LogP contribution is 2.22. The third kappa shape index (κ3) is 4.51. The van der Waals surface area contributed by atoms with E-state index in [9.17, 15) is 0 Å². The van der Waals surface area contributed by atoms with Crippen LogP contribution in [0.3, 0.4) is 0 Å². The molecule has 0 fully saturated rings. The zero-order valence-corrected chi connectivity index (χ0v) is 15.3. The second kappa shape index (κ2) is 8.03. The summed E-state index contributed by atoms with van der Waals surface area (Å²) in [6, 6.07) is 12.9. The second-order valence-electron chi connectivity index (χ2n) is 4.78. The van der Waals surface area contributed by atoms with Crippen LogP contribution in [0.15, 0.2) is 59.0 Å². The Bertz CT molecular complexity index is 862. The summed E-state index contributed by atoms with van der Waals surface area (Å²) in [6.45, 7) is 0. The van der Waals surface area contributed by atoms with E-state index < -0.39 is 0 Å². The van der Waals surface area contributed by atoms with E-state index in [1.165, 1.54) is 11.8 Å². The molecule has 0 aliphatic heterocycles. The van der Waals surface area contributed by atoms with Crippen LogP contribution in [-0.4, -0.2) is 21.1 Å². The number of rotatable bonds is 5. The lowest BCUT2D eigenvalue weighted by molar-refractivity contribution is 0.767. The maximum Gasteiger partial charge on any atom is 0.212 e. The van der Waals surface area contributed by atoms with Crippen molar-refractivity contribution in [2.75, 3.05) is 0 Å². The van der Waals surface area contributed by atoms with Gasteiger partial charge in [-0.05, 0) is 29.8 Å². The molecule has 3 rings (SSSR count). The Morgan fingerprint density at radius 3 is 2.54 bits per heavy atom. The van der Waals surface area contributed by atoms with Gasteiger partial charge in [0.2, 0.25) is 5.16 Å². The zero-order chi connectivity index (χ0) is 16.9. The number of nitrogens with zero attached hydrogens (tertiary/aromatic N) is 4. The van der Waals surface area contributed by atoms with Crippen LogP contribution in [0.2, 0.25) is 15.1 Å². The van der Waals surface area contributed by atoms with Crippen LogP contribution in [0.1, 0.15) is 11.1 Å².